The third kappa shape index (κ3) is 3.75. The van der Waals surface area contributed by atoms with Crippen molar-refractivity contribution in [2.75, 3.05) is 12.4 Å². The fourth-order valence-electron chi connectivity index (χ4n) is 5.23. The Kier molecular flexibility index (Phi) is 5.43. The highest BCUT2D eigenvalue weighted by atomic mass is 16.6. The Morgan fingerprint density at radius 3 is 2.62 bits per heavy atom. The summed E-state index contributed by atoms with van der Waals surface area (Å²) in [7, 11) is 1.55. The van der Waals surface area contributed by atoms with Crippen molar-refractivity contribution in [3.05, 3.63) is 71.3 Å². The normalized spacial score (nSPS) is 18.7. The van der Waals surface area contributed by atoms with Crippen LogP contribution in [0.5, 0.6) is 11.5 Å². The van der Waals surface area contributed by atoms with Crippen LogP contribution in [0.25, 0.3) is 16.3 Å². The van der Waals surface area contributed by atoms with E-state index in [2.05, 4.69) is 43.4 Å². The van der Waals surface area contributed by atoms with Crippen molar-refractivity contribution < 1.29 is 19.1 Å². The van der Waals surface area contributed by atoms with E-state index in [0.29, 0.717) is 17.9 Å². The summed E-state index contributed by atoms with van der Waals surface area (Å²) < 4.78 is 11.0. The quantitative estimate of drug-likeness (QED) is 0.361. The van der Waals surface area contributed by atoms with Gasteiger partial charge < -0.3 is 14.8 Å². The minimum absolute atomic E-state index is 0.109. The zero-order valence-electron chi connectivity index (χ0n) is 20.0. The van der Waals surface area contributed by atoms with Gasteiger partial charge in [-0.2, -0.15) is 0 Å². The van der Waals surface area contributed by atoms with E-state index in [-0.39, 0.29) is 29.6 Å². The highest BCUT2D eigenvalue weighted by molar-refractivity contribution is 6.12. The van der Waals surface area contributed by atoms with Crippen molar-refractivity contribution in [1.82, 2.24) is 0 Å². The number of fused-ring (bicyclic) bond motifs is 4. The number of hydrogen-bond donors (Lipinski definition) is 1. The van der Waals surface area contributed by atoms with Crippen LogP contribution in [0.4, 0.5) is 5.69 Å². The van der Waals surface area contributed by atoms with Gasteiger partial charge in [0.15, 0.2) is 17.3 Å². The first kappa shape index (κ1) is 22.2. The maximum atomic E-state index is 13.6. The number of carbonyl (C=O) groups excluding carboxylic acids is 2. The van der Waals surface area contributed by atoms with Gasteiger partial charge in [0.25, 0.3) is 0 Å². The summed E-state index contributed by atoms with van der Waals surface area (Å²) in [5.74, 6) is 0.696. The summed E-state index contributed by atoms with van der Waals surface area (Å²) in [4.78, 5) is 25.4. The monoisotopic (exact) mass is 455 g/mol. The molecule has 1 atom stereocenters. The number of anilines is 1. The molecule has 1 aliphatic carbocycles. The molecule has 0 amide bonds. The Bertz CT molecular complexity index is 1350. The van der Waals surface area contributed by atoms with Crippen LogP contribution in [0, 0.1) is 5.41 Å². The van der Waals surface area contributed by atoms with E-state index in [1.807, 2.05) is 24.3 Å². The second-order valence-electron chi connectivity index (χ2n) is 9.86. The first-order chi connectivity index (χ1) is 16.3. The molecule has 0 spiro atoms. The molecule has 5 rings (SSSR count). The Morgan fingerprint density at radius 2 is 1.85 bits per heavy atom. The van der Waals surface area contributed by atoms with Gasteiger partial charge in [-0.3, -0.25) is 9.59 Å². The summed E-state index contributed by atoms with van der Waals surface area (Å²) >= 11 is 0. The molecule has 1 aliphatic heterocycles. The number of benzene rings is 3. The van der Waals surface area contributed by atoms with Crippen LogP contribution in [0.15, 0.2) is 60.2 Å². The number of allylic oxidation sites excluding steroid dienone is 1. The van der Waals surface area contributed by atoms with E-state index < -0.39 is 0 Å². The Labute approximate surface area is 199 Å². The molecule has 5 heteroatoms. The molecule has 0 fully saturated rings. The molecule has 0 saturated heterocycles. The Balaban J connectivity index is 1.68. The molecule has 5 nitrogen and oxygen atoms in total. The van der Waals surface area contributed by atoms with Gasteiger partial charge in [0.2, 0.25) is 0 Å². The lowest BCUT2D eigenvalue weighted by Crippen LogP contribution is -2.33. The van der Waals surface area contributed by atoms with Crippen molar-refractivity contribution in [3.8, 4) is 11.5 Å². The standard InChI is InChI=1S/C29H29NO4/c1-5-25(32)34-23-13-11-18(14-24(23)33-4)28-27-20(15-29(2,3)16-22(27)31)26-19-9-7-6-8-17(19)10-12-21(26)30-28/h6-14,28,30H,5,15-16H2,1-4H3/t28-/m0/s1. The topological polar surface area (TPSA) is 64.6 Å². The number of esters is 1. The van der Waals surface area contributed by atoms with Gasteiger partial charge in [0, 0.05) is 29.7 Å². The van der Waals surface area contributed by atoms with Gasteiger partial charge in [0.05, 0.1) is 13.2 Å². The first-order valence-electron chi connectivity index (χ1n) is 11.7. The molecule has 1 heterocycles. The number of ketones is 1. The summed E-state index contributed by atoms with van der Waals surface area (Å²) in [6, 6.07) is 17.8. The van der Waals surface area contributed by atoms with Crippen molar-refractivity contribution in [1.29, 1.82) is 0 Å². The molecule has 3 aromatic carbocycles. The van der Waals surface area contributed by atoms with Gasteiger partial charge in [-0.1, -0.05) is 57.2 Å². The fraction of sp³-hybridized carbons (Fsp3) is 0.310. The number of rotatable bonds is 4. The molecule has 0 unspecified atom stereocenters. The minimum atomic E-state index is -0.322. The van der Waals surface area contributed by atoms with Crippen LogP contribution in [0.3, 0.4) is 0 Å². The van der Waals surface area contributed by atoms with Crippen molar-refractivity contribution in [3.63, 3.8) is 0 Å². The van der Waals surface area contributed by atoms with Gasteiger partial charge in [-0.05, 0) is 51.9 Å². The molecule has 174 valence electrons. The van der Waals surface area contributed by atoms with Crippen LogP contribution in [-0.4, -0.2) is 18.9 Å². The fourth-order valence-corrected chi connectivity index (χ4v) is 5.23. The lowest BCUT2D eigenvalue weighted by molar-refractivity contribution is -0.134. The van der Waals surface area contributed by atoms with Crippen LogP contribution in [0.2, 0.25) is 0 Å². The molecule has 3 aromatic rings. The maximum absolute atomic E-state index is 13.6. The predicted molar refractivity (Wildman–Crippen MR) is 134 cm³/mol. The molecule has 0 aromatic heterocycles. The average Bonchev–Trinajstić information content (AvgIpc) is 2.82. The number of nitrogens with one attached hydrogen (secondary N) is 1. The van der Waals surface area contributed by atoms with E-state index in [4.69, 9.17) is 9.47 Å². The number of carbonyl (C=O) groups is 2. The number of hydrogen-bond acceptors (Lipinski definition) is 5. The van der Waals surface area contributed by atoms with E-state index in [1.54, 1.807) is 20.1 Å². The lowest BCUT2D eigenvalue weighted by atomic mass is 9.68. The SMILES string of the molecule is CCC(=O)Oc1ccc([C@@H]2Nc3ccc4ccccc4c3C3=C2C(=O)CC(C)(C)C3)cc1OC. The van der Waals surface area contributed by atoms with Gasteiger partial charge in [-0.25, -0.2) is 0 Å². The average molecular weight is 456 g/mol. The van der Waals surface area contributed by atoms with Crippen LogP contribution >= 0.6 is 0 Å². The van der Waals surface area contributed by atoms with Crippen LogP contribution < -0.4 is 14.8 Å². The Morgan fingerprint density at radius 1 is 1.06 bits per heavy atom. The number of Topliss-reactive ketones (excluding diaryl/α,β-unsaturated/α-hetero) is 1. The molecular weight excluding hydrogens is 426 g/mol. The smallest absolute Gasteiger partial charge is 0.311 e. The predicted octanol–water partition coefficient (Wildman–Crippen LogP) is 6.47. The summed E-state index contributed by atoms with van der Waals surface area (Å²) in [6.07, 6.45) is 1.62. The van der Waals surface area contributed by atoms with Crippen molar-refractivity contribution in [2.24, 2.45) is 5.41 Å². The molecule has 0 bridgehead atoms. The molecule has 0 radical (unpaired) electrons. The summed E-state index contributed by atoms with van der Waals surface area (Å²) in [5.41, 5.74) is 4.88. The molecule has 0 saturated carbocycles. The van der Waals surface area contributed by atoms with E-state index >= 15 is 0 Å². The van der Waals surface area contributed by atoms with Crippen LogP contribution in [0.1, 0.15) is 57.2 Å². The van der Waals surface area contributed by atoms with Gasteiger partial charge >= 0.3 is 5.97 Å². The lowest BCUT2D eigenvalue weighted by Gasteiger charge is -2.40. The third-order valence-corrected chi connectivity index (χ3v) is 6.77. The second kappa shape index (κ2) is 8.32. The van der Waals surface area contributed by atoms with Gasteiger partial charge in [-0.15, -0.1) is 0 Å². The zero-order chi connectivity index (χ0) is 24.0. The molecular formula is C29H29NO4. The summed E-state index contributed by atoms with van der Waals surface area (Å²) in [5, 5.41) is 5.96. The number of ether oxygens (including phenoxy) is 2. The highest BCUT2D eigenvalue weighted by Crippen LogP contribution is 2.52. The third-order valence-electron chi connectivity index (χ3n) is 6.77. The zero-order valence-corrected chi connectivity index (χ0v) is 20.0. The molecule has 34 heavy (non-hydrogen) atoms. The maximum Gasteiger partial charge on any atom is 0.311 e. The van der Waals surface area contributed by atoms with E-state index in [9.17, 15) is 9.59 Å². The molecule has 2 aliphatic rings. The first-order valence-corrected chi connectivity index (χ1v) is 11.7. The summed E-state index contributed by atoms with van der Waals surface area (Å²) in [6.45, 7) is 6.08. The van der Waals surface area contributed by atoms with Crippen molar-refractivity contribution >= 4 is 33.8 Å². The van der Waals surface area contributed by atoms with E-state index in [1.165, 1.54) is 0 Å². The minimum Gasteiger partial charge on any atom is -0.493 e. The van der Waals surface area contributed by atoms with Gasteiger partial charge in [0.1, 0.15) is 0 Å². The van der Waals surface area contributed by atoms with Crippen molar-refractivity contribution in [2.45, 2.75) is 46.1 Å². The Hall–Kier alpha value is -3.60. The number of methoxy groups -OCH3 is 1. The molecule has 1 N–H and O–H groups in total. The van der Waals surface area contributed by atoms with Crippen LogP contribution in [-0.2, 0) is 9.59 Å². The van der Waals surface area contributed by atoms with E-state index in [0.717, 1.165) is 45.2 Å². The largest absolute Gasteiger partial charge is 0.493 e. The second-order valence-corrected chi connectivity index (χ2v) is 9.86. The highest BCUT2D eigenvalue weighted by Gasteiger charge is 2.41.